The summed E-state index contributed by atoms with van der Waals surface area (Å²) in [4.78, 5) is 30.5. The predicted octanol–water partition coefficient (Wildman–Crippen LogP) is 4.18. The summed E-state index contributed by atoms with van der Waals surface area (Å²) in [5.41, 5.74) is 1.38. The molecule has 28 heavy (non-hydrogen) atoms. The van der Waals surface area contributed by atoms with Crippen molar-refractivity contribution in [2.45, 2.75) is 0 Å². The smallest absolute Gasteiger partial charge is 0.335 e. The number of carboxylic acid groups (broad SMARTS) is 1. The first-order chi connectivity index (χ1) is 13.5. The van der Waals surface area contributed by atoms with Gasteiger partial charge >= 0.3 is 5.97 Å². The molecule has 0 atom stereocenters. The lowest BCUT2D eigenvalue weighted by atomic mass is 10.2. The number of amidine groups is 1. The van der Waals surface area contributed by atoms with Crippen LogP contribution in [0.1, 0.15) is 15.9 Å². The van der Waals surface area contributed by atoms with Gasteiger partial charge in [0.2, 0.25) is 0 Å². The highest BCUT2D eigenvalue weighted by atomic mass is 32.2. The van der Waals surface area contributed by atoms with Crippen LogP contribution >= 0.6 is 11.8 Å². The molecule has 1 amide bonds. The summed E-state index contributed by atoms with van der Waals surface area (Å²) in [7, 11) is 1.58. The molecule has 0 saturated carbocycles. The number of thioether (sulfide) groups is 1. The highest BCUT2D eigenvalue weighted by molar-refractivity contribution is 8.18. The molecule has 2 aromatic rings. The van der Waals surface area contributed by atoms with Crippen LogP contribution in [0, 0.1) is 0 Å². The van der Waals surface area contributed by atoms with Crippen LogP contribution in [0.5, 0.6) is 5.75 Å². The van der Waals surface area contributed by atoms with Crippen molar-refractivity contribution in [2.24, 2.45) is 4.99 Å². The minimum absolute atomic E-state index is 0.135. The molecule has 0 aliphatic carbocycles. The molecule has 142 valence electrons. The molecule has 1 N–H and O–H groups in total. The van der Waals surface area contributed by atoms with E-state index in [0.29, 0.717) is 28.1 Å². The Kier molecular flexibility index (Phi) is 5.96. The molecule has 1 heterocycles. The number of aliphatic imine (C=N–C) groups is 1. The average Bonchev–Trinajstić information content (AvgIpc) is 2.98. The maximum atomic E-state index is 12.8. The lowest BCUT2D eigenvalue weighted by molar-refractivity contribution is -0.121. The van der Waals surface area contributed by atoms with Gasteiger partial charge in [-0.3, -0.25) is 9.69 Å². The number of nitrogens with zero attached hydrogens (tertiary/aromatic N) is 2. The quantitative estimate of drug-likeness (QED) is 0.587. The number of aromatic carboxylic acids is 1. The van der Waals surface area contributed by atoms with Gasteiger partial charge in [-0.2, -0.15) is 0 Å². The molecule has 1 saturated heterocycles. The zero-order valence-electron chi connectivity index (χ0n) is 15.2. The minimum Gasteiger partial charge on any atom is -0.496 e. The summed E-state index contributed by atoms with van der Waals surface area (Å²) in [6.45, 7) is 4.00. The SMILES string of the molecule is C=CCN1C(=O)/C(=C/c2ccccc2OC)SC1=Nc1cccc(C(=O)O)c1. The molecule has 0 bridgehead atoms. The molecule has 1 fully saturated rings. The van der Waals surface area contributed by atoms with Gasteiger partial charge in [-0.25, -0.2) is 9.79 Å². The Labute approximate surface area is 166 Å². The lowest BCUT2D eigenvalue weighted by Gasteiger charge is -2.12. The number of carboxylic acids is 1. The number of benzene rings is 2. The summed E-state index contributed by atoms with van der Waals surface area (Å²) in [6, 6.07) is 13.7. The molecule has 3 rings (SSSR count). The van der Waals surface area contributed by atoms with Crippen LogP contribution in [0.15, 0.2) is 71.1 Å². The van der Waals surface area contributed by atoms with Crippen LogP contribution < -0.4 is 4.74 Å². The molecule has 1 aliphatic heterocycles. The Morgan fingerprint density at radius 2 is 2.07 bits per heavy atom. The number of carbonyl (C=O) groups is 2. The maximum Gasteiger partial charge on any atom is 0.335 e. The van der Waals surface area contributed by atoms with Gasteiger partial charge in [0.05, 0.1) is 23.3 Å². The number of ether oxygens (including phenoxy) is 1. The second-order valence-corrected chi connectivity index (χ2v) is 6.82. The van der Waals surface area contributed by atoms with Gasteiger partial charge in [0.25, 0.3) is 5.91 Å². The molecule has 0 spiro atoms. The normalized spacial score (nSPS) is 16.6. The maximum absolute atomic E-state index is 12.8. The zero-order chi connectivity index (χ0) is 20.1. The highest BCUT2D eigenvalue weighted by Gasteiger charge is 2.32. The molecule has 0 unspecified atom stereocenters. The Hall–Kier alpha value is -3.32. The number of para-hydroxylation sites is 1. The van der Waals surface area contributed by atoms with Crippen LogP contribution in [0.4, 0.5) is 5.69 Å². The number of hydrogen-bond donors (Lipinski definition) is 1. The van der Waals surface area contributed by atoms with Crippen LogP contribution in [0.2, 0.25) is 0 Å². The summed E-state index contributed by atoms with van der Waals surface area (Å²) in [6.07, 6.45) is 3.38. The predicted molar refractivity (Wildman–Crippen MR) is 111 cm³/mol. The molecular weight excluding hydrogens is 376 g/mol. The van der Waals surface area contributed by atoms with Gasteiger partial charge < -0.3 is 9.84 Å². The molecule has 7 heteroatoms. The van der Waals surface area contributed by atoms with E-state index in [1.165, 1.54) is 28.8 Å². The summed E-state index contributed by atoms with van der Waals surface area (Å²) < 4.78 is 5.34. The van der Waals surface area contributed by atoms with E-state index in [1.807, 2.05) is 24.3 Å². The average molecular weight is 394 g/mol. The Balaban J connectivity index is 1.99. The third-order valence-electron chi connectivity index (χ3n) is 3.94. The number of rotatable bonds is 6. The second kappa shape index (κ2) is 8.58. The first-order valence-electron chi connectivity index (χ1n) is 8.41. The molecule has 2 aromatic carbocycles. The summed E-state index contributed by atoms with van der Waals surface area (Å²) in [5.74, 6) is -0.556. The van der Waals surface area contributed by atoms with E-state index in [0.717, 1.165) is 5.56 Å². The van der Waals surface area contributed by atoms with Crippen molar-refractivity contribution in [3.05, 3.63) is 77.2 Å². The molecule has 0 radical (unpaired) electrons. The first kappa shape index (κ1) is 19.4. The molecule has 1 aliphatic rings. The number of methoxy groups -OCH3 is 1. The van der Waals surface area contributed by atoms with Crippen molar-refractivity contribution in [3.8, 4) is 5.75 Å². The van der Waals surface area contributed by atoms with Gasteiger partial charge in [0, 0.05) is 12.1 Å². The first-order valence-corrected chi connectivity index (χ1v) is 9.22. The molecule has 6 nitrogen and oxygen atoms in total. The van der Waals surface area contributed by atoms with Crippen molar-refractivity contribution in [1.29, 1.82) is 0 Å². The van der Waals surface area contributed by atoms with Gasteiger partial charge in [-0.15, -0.1) is 6.58 Å². The van der Waals surface area contributed by atoms with Gasteiger partial charge in [0.1, 0.15) is 5.75 Å². The molecule has 0 aromatic heterocycles. The van der Waals surface area contributed by atoms with Crippen molar-refractivity contribution in [1.82, 2.24) is 4.90 Å². The van der Waals surface area contributed by atoms with Gasteiger partial charge in [-0.05, 0) is 42.1 Å². The third-order valence-corrected chi connectivity index (χ3v) is 4.95. The lowest BCUT2D eigenvalue weighted by Crippen LogP contribution is -2.29. The van der Waals surface area contributed by atoms with Crippen LogP contribution in [-0.4, -0.2) is 40.7 Å². The Morgan fingerprint density at radius 3 is 2.79 bits per heavy atom. The minimum atomic E-state index is -1.03. The van der Waals surface area contributed by atoms with E-state index >= 15 is 0 Å². The van der Waals surface area contributed by atoms with E-state index in [4.69, 9.17) is 9.84 Å². The second-order valence-electron chi connectivity index (χ2n) is 5.81. The topological polar surface area (TPSA) is 79.2 Å². The van der Waals surface area contributed by atoms with E-state index in [9.17, 15) is 9.59 Å². The highest BCUT2D eigenvalue weighted by Crippen LogP contribution is 2.35. The van der Waals surface area contributed by atoms with Crippen molar-refractivity contribution >= 4 is 40.6 Å². The zero-order valence-corrected chi connectivity index (χ0v) is 16.0. The fourth-order valence-corrected chi connectivity index (χ4v) is 3.63. The largest absolute Gasteiger partial charge is 0.496 e. The van der Waals surface area contributed by atoms with E-state index in [2.05, 4.69) is 11.6 Å². The standard InChI is InChI=1S/C21H18N2O4S/c1-3-11-23-19(24)18(13-14-7-4-5-10-17(14)27-2)28-21(23)22-16-9-6-8-15(12-16)20(25)26/h3-10,12-13H,1,11H2,2H3,(H,25,26)/b18-13-,22-21?. The van der Waals surface area contributed by atoms with Crippen molar-refractivity contribution < 1.29 is 19.4 Å². The van der Waals surface area contributed by atoms with E-state index < -0.39 is 5.97 Å². The monoisotopic (exact) mass is 394 g/mol. The number of amides is 1. The fourth-order valence-electron chi connectivity index (χ4n) is 2.63. The van der Waals surface area contributed by atoms with E-state index in [1.54, 1.807) is 31.4 Å². The third kappa shape index (κ3) is 4.15. The van der Waals surface area contributed by atoms with Crippen LogP contribution in [0.25, 0.3) is 6.08 Å². The number of hydrogen-bond acceptors (Lipinski definition) is 5. The van der Waals surface area contributed by atoms with Gasteiger partial charge in [-0.1, -0.05) is 30.3 Å². The summed E-state index contributed by atoms with van der Waals surface area (Å²) in [5, 5.41) is 9.62. The number of carbonyl (C=O) groups excluding carboxylic acids is 1. The van der Waals surface area contributed by atoms with Crippen molar-refractivity contribution in [2.75, 3.05) is 13.7 Å². The van der Waals surface area contributed by atoms with E-state index in [-0.39, 0.29) is 11.5 Å². The van der Waals surface area contributed by atoms with Gasteiger partial charge in [0.15, 0.2) is 5.17 Å². The summed E-state index contributed by atoms with van der Waals surface area (Å²) >= 11 is 1.23. The van der Waals surface area contributed by atoms with Crippen LogP contribution in [-0.2, 0) is 4.79 Å². The van der Waals surface area contributed by atoms with Crippen LogP contribution in [0.3, 0.4) is 0 Å². The fraction of sp³-hybridized carbons (Fsp3) is 0.0952. The Bertz CT molecular complexity index is 997. The van der Waals surface area contributed by atoms with Crippen molar-refractivity contribution in [3.63, 3.8) is 0 Å². The Morgan fingerprint density at radius 1 is 1.29 bits per heavy atom. The molecular formula is C21H18N2O4S.